The molecule has 0 heterocycles. The van der Waals surface area contributed by atoms with Crippen molar-refractivity contribution < 1.29 is 4.79 Å². The van der Waals surface area contributed by atoms with Gasteiger partial charge in [0.1, 0.15) is 0 Å². The highest BCUT2D eigenvalue weighted by Gasteiger charge is 2.21. The Morgan fingerprint density at radius 3 is 2.39 bits per heavy atom. The molecule has 3 heteroatoms. The van der Waals surface area contributed by atoms with Gasteiger partial charge in [0.15, 0.2) is 0 Å². The van der Waals surface area contributed by atoms with Gasteiger partial charge in [0.25, 0.3) is 0 Å². The van der Waals surface area contributed by atoms with E-state index in [2.05, 4.69) is 40.3 Å². The van der Waals surface area contributed by atoms with Gasteiger partial charge in [-0.1, -0.05) is 73.5 Å². The molecule has 2 atom stereocenters. The minimum absolute atomic E-state index is 0.0762. The number of carbonyl (C=O) groups is 1. The van der Waals surface area contributed by atoms with Crippen LogP contribution in [0.4, 0.5) is 0 Å². The molecule has 0 bridgehead atoms. The second-order valence-corrected chi connectivity index (χ2v) is 5.89. The van der Waals surface area contributed by atoms with Crippen LogP contribution in [0.1, 0.15) is 45.2 Å². The molecule has 0 aliphatic rings. The Morgan fingerprint density at radius 2 is 1.89 bits per heavy atom. The van der Waals surface area contributed by atoms with Gasteiger partial charge in [-0.05, 0) is 17.9 Å². The lowest BCUT2D eigenvalue weighted by Gasteiger charge is -2.22. The standard InChI is InChI=1S/C15H22BrNO/c1-4-8-13(12-9-6-5-7-10-12)17-15(18)14(16)11(2)3/h5-7,9-11,13-14H,4,8H2,1-3H3,(H,17,18). The maximum atomic E-state index is 12.1. The highest BCUT2D eigenvalue weighted by molar-refractivity contribution is 9.10. The zero-order valence-corrected chi connectivity index (χ0v) is 12.9. The van der Waals surface area contributed by atoms with Crippen molar-refractivity contribution in [3.8, 4) is 0 Å². The number of alkyl halides is 1. The highest BCUT2D eigenvalue weighted by atomic mass is 79.9. The SMILES string of the molecule is CCCC(NC(=O)C(Br)C(C)C)c1ccccc1. The zero-order chi connectivity index (χ0) is 13.5. The Bertz CT molecular complexity index is 364. The zero-order valence-electron chi connectivity index (χ0n) is 11.3. The summed E-state index contributed by atoms with van der Waals surface area (Å²) in [7, 11) is 0. The minimum Gasteiger partial charge on any atom is -0.348 e. The summed E-state index contributed by atoms with van der Waals surface area (Å²) in [6.07, 6.45) is 2.02. The molecule has 0 fully saturated rings. The van der Waals surface area contributed by atoms with E-state index in [9.17, 15) is 4.79 Å². The second kappa shape index (κ2) is 7.57. The van der Waals surface area contributed by atoms with Crippen LogP contribution in [-0.4, -0.2) is 10.7 Å². The van der Waals surface area contributed by atoms with Gasteiger partial charge in [-0.2, -0.15) is 0 Å². The van der Waals surface area contributed by atoms with E-state index in [1.165, 1.54) is 5.56 Å². The normalized spacial score (nSPS) is 14.3. The van der Waals surface area contributed by atoms with Crippen LogP contribution < -0.4 is 5.32 Å². The van der Waals surface area contributed by atoms with Crippen LogP contribution in [0.5, 0.6) is 0 Å². The average Bonchev–Trinajstić information content (AvgIpc) is 2.38. The first-order valence-corrected chi connectivity index (χ1v) is 7.47. The Balaban J connectivity index is 2.72. The van der Waals surface area contributed by atoms with E-state index in [4.69, 9.17) is 0 Å². The van der Waals surface area contributed by atoms with E-state index >= 15 is 0 Å². The highest BCUT2D eigenvalue weighted by Crippen LogP contribution is 2.20. The van der Waals surface area contributed by atoms with Crippen LogP contribution in [0.15, 0.2) is 30.3 Å². The summed E-state index contributed by atoms with van der Waals surface area (Å²) in [4.78, 5) is 12.0. The van der Waals surface area contributed by atoms with Crippen LogP contribution in [0, 0.1) is 5.92 Å². The fourth-order valence-corrected chi connectivity index (χ4v) is 1.98. The smallest absolute Gasteiger partial charge is 0.234 e. The number of rotatable bonds is 6. The topological polar surface area (TPSA) is 29.1 Å². The number of benzene rings is 1. The van der Waals surface area contributed by atoms with Gasteiger partial charge >= 0.3 is 0 Å². The van der Waals surface area contributed by atoms with Gasteiger partial charge in [-0.3, -0.25) is 4.79 Å². The van der Waals surface area contributed by atoms with Crippen LogP contribution in [0.2, 0.25) is 0 Å². The summed E-state index contributed by atoms with van der Waals surface area (Å²) in [5, 5.41) is 3.13. The van der Waals surface area contributed by atoms with Crippen molar-refractivity contribution in [1.29, 1.82) is 0 Å². The number of carbonyl (C=O) groups excluding carboxylic acids is 1. The number of hydrogen-bond donors (Lipinski definition) is 1. The molecule has 0 aliphatic heterocycles. The van der Waals surface area contributed by atoms with Crippen molar-refractivity contribution in [2.75, 3.05) is 0 Å². The molecule has 100 valence electrons. The monoisotopic (exact) mass is 311 g/mol. The summed E-state index contributed by atoms with van der Waals surface area (Å²) < 4.78 is 0. The van der Waals surface area contributed by atoms with E-state index in [-0.39, 0.29) is 16.8 Å². The molecular weight excluding hydrogens is 290 g/mol. The van der Waals surface area contributed by atoms with Gasteiger partial charge in [0.05, 0.1) is 10.9 Å². The molecule has 1 amide bonds. The molecule has 1 rings (SSSR count). The largest absolute Gasteiger partial charge is 0.348 e. The lowest BCUT2D eigenvalue weighted by atomic mass is 10.0. The van der Waals surface area contributed by atoms with Gasteiger partial charge in [-0.25, -0.2) is 0 Å². The Hall–Kier alpha value is -0.830. The number of amides is 1. The quantitative estimate of drug-likeness (QED) is 0.789. The lowest BCUT2D eigenvalue weighted by Crippen LogP contribution is -2.36. The fourth-order valence-electron chi connectivity index (χ4n) is 1.85. The molecule has 0 aromatic heterocycles. The molecule has 0 radical (unpaired) electrons. The molecule has 0 saturated heterocycles. The van der Waals surface area contributed by atoms with Gasteiger partial charge < -0.3 is 5.32 Å². The second-order valence-electron chi connectivity index (χ2n) is 4.91. The molecule has 18 heavy (non-hydrogen) atoms. The Morgan fingerprint density at radius 1 is 1.28 bits per heavy atom. The Kier molecular flexibility index (Phi) is 6.41. The third kappa shape index (κ3) is 4.45. The summed E-state index contributed by atoms with van der Waals surface area (Å²) in [5.41, 5.74) is 1.18. The third-order valence-electron chi connectivity index (χ3n) is 2.93. The first-order chi connectivity index (χ1) is 8.56. The summed E-state index contributed by atoms with van der Waals surface area (Å²) in [5.74, 6) is 0.371. The van der Waals surface area contributed by atoms with Gasteiger partial charge in [0, 0.05) is 0 Å². The predicted octanol–water partition coefficient (Wildman–Crippen LogP) is 4.06. The van der Waals surface area contributed by atoms with E-state index in [1.54, 1.807) is 0 Å². The molecule has 1 N–H and O–H groups in total. The number of hydrogen-bond acceptors (Lipinski definition) is 1. The van der Waals surface area contributed by atoms with Gasteiger partial charge in [0.2, 0.25) is 5.91 Å². The first kappa shape index (κ1) is 15.2. The van der Waals surface area contributed by atoms with Crippen molar-refractivity contribution in [3.63, 3.8) is 0 Å². The lowest BCUT2D eigenvalue weighted by molar-refractivity contribution is -0.121. The first-order valence-electron chi connectivity index (χ1n) is 6.55. The number of nitrogens with one attached hydrogen (secondary N) is 1. The molecule has 1 aromatic carbocycles. The van der Waals surface area contributed by atoms with Crippen LogP contribution in [-0.2, 0) is 4.79 Å². The summed E-state index contributed by atoms with van der Waals surface area (Å²) in [6.45, 7) is 6.21. The van der Waals surface area contributed by atoms with E-state index in [0.29, 0.717) is 5.92 Å². The minimum atomic E-state index is -0.124. The van der Waals surface area contributed by atoms with Crippen molar-refractivity contribution in [2.45, 2.75) is 44.5 Å². The average molecular weight is 312 g/mol. The van der Waals surface area contributed by atoms with Gasteiger partial charge in [-0.15, -0.1) is 0 Å². The van der Waals surface area contributed by atoms with Crippen molar-refractivity contribution in [1.82, 2.24) is 5.32 Å². The van der Waals surface area contributed by atoms with E-state index in [1.807, 2.05) is 32.0 Å². The Labute approximate surface area is 118 Å². The van der Waals surface area contributed by atoms with Crippen molar-refractivity contribution in [2.24, 2.45) is 5.92 Å². The van der Waals surface area contributed by atoms with Crippen molar-refractivity contribution in [3.05, 3.63) is 35.9 Å². The third-order valence-corrected chi connectivity index (χ3v) is 4.40. The summed E-state index contributed by atoms with van der Waals surface area (Å²) >= 11 is 3.45. The maximum absolute atomic E-state index is 12.1. The maximum Gasteiger partial charge on any atom is 0.234 e. The summed E-state index contributed by atoms with van der Waals surface area (Å²) in [6, 6.07) is 10.3. The molecule has 2 nitrogen and oxygen atoms in total. The number of halogens is 1. The molecule has 0 saturated carbocycles. The molecular formula is C15H22BrNO. The predicted molar refractivity (Wildman–Crippen MR) is 79.8 cm³/mol. The fraction of sp³-hybridized carbons (Fsp3) is 0.533. The van der Waals surface area contributed by atoms with Crippen LogP contribution in [0.3, 0.4) is 0 Å². The molecule has 0 spiro atoms. The van der Waals surface area contributed by atoms with E-state index in [0.717, 1.165) is 12.8 Å². The van der Waals surface area contributed by atoms with Crippen LogP contribution in [0.25, 0.3) is 0 Å². The van der Waals surface area contributed by atoms with Crippen LogP contribution >= 0.6 is 15.9 Å². The molecule has 2 unspecified atom stereocenters. The van der Waals surface area contributed by atoms with E-state index < -0.39 is 0 Å². The van der Waals surface area contributed by atoms with Crippen molar-refractivity contribution >= 4 is 21.8 Å². The molecule has 0 aliphatic carbocycles. The molecule has 1 aromatic rings.